The van der Waals surface area contributed by atoms with Gasteiger partial charge in [0.15, 0.2) is 0 Å². The zero-order valence-electron chi connectivity index (χ0n) is 12.7. The van der Waals surface area contributed by atoms with Crippen LogP contribution in [0.15, 0.2) is 12.4 Å². The molecule has 1 aromatic heterocycles. The van der Waals surface area contributed by atoms with Crippen LogP contribution in [0.4, 0.5) is 5.82 Å². The summed E-state index contributed by atoms with van der Waals surface area (Å²) in [5.41, 5.74) is -0.188. The second kappa shape index (κ2) is 6.15. The summed E-state index contributed by atoms with van der Waals surface area (Å²) in [6.07, 6.45) is 4.79. The number of rotatable bonds is 6. The van der Waals surface area contributed by atoms with Crippen molar-refractivity contribution in [2.24, 2.45) is 0 Å². The standard InChI is InChI=1S/C15H23N3O3/c1-3-19-12-8-11(15(12)6-5-7-21-15)18-13-9-14(20-4-2)17-10-16-13/h9-12H,3-8H2,1-2H3,(H,16,17,18). The van der Waals surface area contributed by atoms with Crippen LogP contribution >= 0.6 is 0 Å². The Labute approximate surface area is 125 Å². The molecule has 2 fully saturated rings. The van der Waals surface area contributed by atoms with Gasteiger partial charge < -0.3 is 19.5 Å². The van der Waals surface area contributed by atoms with Gasteiger partial charge in [0.2, 0.25) is 5.88 Å². The highest BCUT2D eigenvalue weighted by atomic mass is 16.6. The maximum Gasteiger partial charge on any atom is 0.218 e. The first-order valence-electron chi connectivity index (χ1n) is 7.75. The minimum atomic E-state index is -0.188. The van der Waals surface area contributed by atoms with E-state index in [4.69, 9.17) is 14.2 Å². The minimum Gasteiger partial charge on any atom is -0.478 e. The monoisotopic (exact) mass is 293 g/mol. The Balaban J connectivity index is 1.69. The molecule has 1 saturated heterocycles. The van der Waals surface area contributed by atoms with E-state index in [0.717, 1.165) is 38.3 Å². The van der Waals surface area contributed by atoms with Gasteiger partial charge >= 0.3 is 0 Å². The molecule has 1 aromatic rings. The number of anilines is 1. The molecule has 3 atom stereocenters. The molecule has 1 saturated carbocycles. The molecular weight excluding hydrogens is 270 g/mol. The van der Waals surface area contributed by atoms with Crippen LogP contribution in [0.5, 0.6) is 5.88 Å². The molecule has 1 N–H and O–H groups in total. The van der Waals surface area contributed by atoms with Crippen molar-refractivity contribution in [3.63, 3.8) is 0 Å². The predicted molar refractivity (Wildman–Crippen MR) is 78.6 cm³/mol. The van der Waals surface area contributed by atoms with Crippen LogP contribution in [0.3, 0.4) is 0 Å². The normalized spacial score (nSPS) is 31.1. The van der Waals surface area contributed by atoms with Gasteiger partial charge in [-0.15, -0.1) is 0 Å². The Morgan fingerprint density at radius 1 is 1.38 bits per heavy atom. The van der Waals surface area contributed by atoms with Crippen molar-refractivity contribution in [1.82, 2.24) is 9.97 Å². The Morgan fingerprint density at radius 2 is 2.29 bits per heavy atom. The first-order chi connectivity index (χ1) is 10.3. The lowest BCUT2D eigenvalue weighted by molar-refractivity contribution is -0.184. The molecule has 6 nitrogen and oxygen atoms in total. The summed E-state index contributed by atoms with van der Waals surface area (Å²) in [6.45, 7) is 6.11. The van der Waals surface area contributed by atoms with E-state index in [1.54, 1.807) is 0 Å². The van der Waals surface area contributed by atoms with Crippen LogP contribution in [-0.2, 0) is 9.47 Å². The van der Waals surface area contributed by atoms with Gasteiger partial charge in [-0.05, 0) is 33.1 Å². The Bertz CT molecular complexity index is 477. The van der Waals surface area contributed by atoms with Crippen molar-refractivity contribution >= 4 is 5.82 Å². The lowest BCUT2D eigenvalue weighted by atomic mass is 9.70. The van der Waals surface area contributed by atoms with Gasteiger partial charge in [0.1, 0.15) is 17.7 Å². The van der Waals surface area contributed by atoms with Gasteiger partial charge in [0.05, 0.1) is 18.8 Å². The molecule has 2 aliphatic rings. The first kappa shape index (κ1) is 14.5. The van der Waals surface area contributed by atoms with Crippen molar-refractivity contribution < 1.29 is 14.2 Å². The third-order valence-electron chi connectivity index (χ3n) is 4.29. The summed E-state index contributed by atoms with van der Waals surface area (Å²) in [5, 5.41) is 3.46. The van der Waals surface area contributed by atoms with E-state index in [0.29, 0.717) is 12.5 Å². The van der Waals surface area contributed by atoms with Crippen molar-refractivity contribution in [2.75, 3.05) is 25.1 Å². The summed E-state index contributed by atoms with van der Waals surface area (Å²) in [7, 11) is 0. The number of aromatic nitrogens is 2. The lowest BCUT2D eigenvalue weighted by Crippen LogP contribution is -2.66. The van der Waals surface area contributed by atoms with E-state index in [1.807, 2.05) is 19.9 Å². The molecule has 0 bridgehead atoms. The summed E-state index contributed by atoms with van der Waals surface area (Å²) in [6, 6.07) is 2.07. The highest BCUT2D eigenvalue weighted by Gasteiger charge is 2.58. The third kappa shape index (κ3) is 2.70. The molecule has 6 heteroatoms. The Kier molecular flexibility index (Phi) is 4.26. The van der Waals surface area contributed by atoms with Crippen molar-refractivity contribution in [2.45, 2.75) is 50.9 Å². The van der Waals surface area contributed by atoms with Crippen LogP contribution in [0.1, 0.15) is 33.1 Å². The summed E-state index contributed by atoms with van der Waals surface area (Å²) < 4.78 is 17.3. The van der Waals surface area contributed by atoms with Gasteiger partial charge in [-0.25, -0.2) is 9.97 Å². The van der Waals surface area contributed by atoms with Crippen LogP contribution in [0.2, 0.25) is 0 Å². The van der Waals surface area contributed by atoms with Crippen LogP contribution in [0, 0.1) is 0 Å². The predicted octanol–water partition coefficient (Wildman–Crippen LogP) is 2.01. The van der Waals surface area contributed by atoms with Gasteiger partial charge in [0, 0.05) is 19.3 Å². The van der Waals surface area contributed by atoms with Crippen molar-refractivity contribution in [3.8, 4) is 5.88 Å². The summed E-state index contributed by atoms with van der Waals surface area (Å²) in [5.74, 6) is 1.38. The van der Waals surface area contributed by atoms with Crippen LogP contribution in [0.25, 0.3) is 0 Å². The highest BCUT2D eigenvalue weighted by molar-refractivity contribution is 5.41. The molecule has 0 aromatic carbocycles. The smallest absolute Gasteiger partial charge is 0.218 e. The maximum atomic E-state index is 6.04. The second-order valence-corrected chi connectivity index (χ2v) is 5.46. The van der Waals surface area contributed by atoms with Crippen LogP contribution in [-0.4, -0.2) is 47.5 Å². The molecule has 0 radical (unpaired) electrons. The minimum absolute atomic E-state index is 0.188. The Morgan fingerprint density at radius 3 is 3.00 bits per heavy atom. The highest BCUT2D eigenvalue weighted by Crippen LogP contribution is 2.46. The second-order valence-electron chi connectivity index (χ2n) is 5.46. The molecule has 1 spiro atoms. The number of hydrogen-bond donors (Lipinski definition) is 1. The Hall–Kier alpha value is -1.40. The molecule has 21 heavy (non-hydrogen) atoms. The van der Waals surface area contributed by atoms with E-state index >= 15 is 0 Å². The number of nitrogens with zero attached hydrogens (tertiary/aromatic N) is 2. The third-order valence-corrected chi connectivity index (χ3v) is 4.29. The van der Waals surface area contributed by atoms with E-state index in [2.05, 4.69) is 15.3 Å². The molecule has 1 aliphatic carbocycles. The largest absolute Gasteiger partial charge is 0.478 e. The summed E-state index contributed by atoms with van der Waals surface area (Å²) >= 11 is 0. The van der Waals surface area contributed by atoms with E-state index in [9.17, 15) is 0 Å². The number of hydrogen-bond acceptors (Lipinski definition) is 6. The SMILES string of the molecule is CCOc1cc(NC2CC(OCC)C23CCCO3)ncn1. The fraction of sp³-hybridized carbons (Fsp3) is 0.733. The molecule has 1 aliphatic heterocycles. The van der Waals surface area contributed by atoms with Gasteiger partial charge in [-0.3, -0.25) is 0 Å². The molecule has 116 valence electrons. The molecule has 0 amide bonds. The van der Waals surface area contributed by atoms with Crippen LogP contribution < -0.4 is 10.1 Å². The fourth-order valence-electron chi connectivity index (χ4n) is 3.30. The maximum absolute atomic E-state index is 6.04. The number of nitrogens with one attached hydrogen (secondary N) is 1. The van der Waals surface area contributed by atoms with E-state index in [-0.39, 0.29) is 17.7 Å². The topological polar surface area (TPSA) is 65.5 Å². The quantitative estimate of drug-likeness (QED) is 0.865. The zero-order chi connectivity index (χ0) is 14.7. The number of ether oxygens (including phenoxy) is 3. The summed E-state index contributed by atoms with van der Waals surface area (Å²) in [4.78, 5) is 8.35. The lowest BCUT2D eigenvalue weighted by Gasteiger charge is -2.52. The van der Waals surface area contributed by atoms with Gasteiger partial charge in [-0.1, -0.05) is 0 Å². The van der Waals surface area contributed by atoms with E-state index in [1.165, 1.54) is 6.33 Å². The van der Waals surface area contributed by atoms with Crippen molar-refractivity contribution in [3.05, 3.63) is 12.4 Å². The van der Waals surface area contributed by atoms with Gasteiger partial charge in [0.25, 0.3) is 0 Å². The average Bonchev–Trinajstić information content (AvgIpc) is 3.00. The zero-order valence-corrected chi connectivity index (χ0v) is 12.7. The molecule has 2 heterocycles. The van der Waals surface area contributed by atoms with E-state index < -0.39 is 0 Å². The molecule has 3 rings (SSSR count). The van der Waals surface area contributed by atoms with Crippen molar-refractivity contribution in [1.29, 1.82) is 0 Å². The van der Waals surface area contributed by atoms with Gasteiger partial charge in [-0.2, -0.15) is 0 Å². The molecular formula is C15H23N3O3. The fourth-order valence-corrected chi connectivity index (χ4v) is 3.30. The average molecular weight is 293 g/mol. The first-order valence-corrected chi connectivity index (χ1v) is 7.75. The molecule has 3 unspecified atom stereocenters.